The van der Waals surface area contributed by atoms with E-state index in [9.17, 15) is 9.59 Å². The molecule has 5 heteroatoms. The van der Waals surface area contributed by atoms with Gasteiger partial charge in [-0.1, -0.05) is 40.0 Å². The molecule has 24 heavy (non-hydrogen) atoms. The SMILES string of the molecule is CCCCC(CCOC)CCOC(=O)CCCC(=O)OCC(C)C. The van der Waals surface area contributed by atoms with Crippen molar-refractivity contribution in [3.05, 3.63) is 0 Å². The van der Waals surface area contributed by atoms with Crippen molar-refractivity contribution in [1.82, 2.24) is 0 Å². The summed E-state index contributed by atoms with van der Waals surface area (Å²) < 4.78 is 15.5. The highest BCUT2D eigenvalue weighted by Gasteiger charge is 2.11. The zero-order chi connectivity index (χ0) is 18.2. The van der Waals surface area contributed by atoms with Gasteiger partial charge in [0.1, 0.15) is 0 Å². The van der Waals surface area contributed by atoms with Gasteiger partial charge in [-0.15, -0.1) is 0 Å². The van der Waals surface area contributed by atoms with Crippen LogP contribution in [-0.4, -0.2) is 38.9 Å². The van der Waals surface area contributed by atoms with Crippen LogP contribution in [0.5, 0.6) is 0 Å². The van der Waals surface area contributed by atoms with Gasteiger partial charge in [0.25, 0.3) is 0 Å². The second-order valence-electron chi connectivity index (χ2n) is 6.73. The van der Waals surface area contributed by atoms with Crippen LogP contribution in [0.1, 0.15) is 72.1 Å². The summed E-state index contributed by atoms with van der Waals surface area (Å²) in [6.07, 6.45) is 6.44. The summed E-state index contributed by atoms with van der Waals surface area (Å²) in [5.41, 5.74) is 0. The quantitative estimate of drug-likeness (QED) is 0.418. The molecule has 1 unspecified atom stereocenters. The first-order valence-electron chi connectivity index (χ1n) is 9.29. The van der Waals surface area contributed by atoms with E-state index in [0.717, 1.165) is 25.9 Å². The van der Waals surface area contributed by atoms with Gasteiger partial charge < -0.3 is 14.2 Å². The van der Waals surface area contributed by atoms with Crippen molar-refractivity contribution in [1.29, 1.82) is 0 Å². The van der Waals surface area contributed by atoms with Gasteiger partial charge in [-0.05, 0) is 31.1 Å². The number of methoxy groups -OCH3 is 1. The Morgan fingerprint density at radius 2 is 1.50 bits per heavy atom. The second-order valence-corrected chi connectivity index (χ2v) is 6.73. The number of rotatable bonds is 15. The molecule has 0 N–H and O–H groups in total. The topological polar surface area (TPSA) is 61.8 Å². The summed E-state index contributed by atoms with van der Waals surface area (Å²) in [6.45, 7) is 7.80. The Labute approximate surface area is 147 Å². The first-order valence-corrected chi connectivity index (χ1v) is 9.29. The Hall–Kier alpha value is -1.10. The first kappa shape index (κ1) is 22.9. The van der Waals surface area contributed by atoms with Crippen molar-refractivity contribution in [3.63, 3.8) is 0 Å². The van der Waals surface area contributed by atoms with Crippen LogP contribution >= 0.6 is 0 Å². The fourth-order valence-corrected chi connectivity index (χ4v) is 2.33. The monoisotopic (exact) mass is 344 g/mol. The summed E-state index contributed by atoms with van der Waals surface area (Å²) in [5.74, 6) is 0.407. The molecule has 0 saturated carbocycles. The zero-order valence-corrected chi connectivity index (χ0v) is 16.0. The minimum Gasteiger partial charge on any atom is -0.466 e. The molecule has 1 atom stereocenters. The third-order valence-electron chi connectivity index (χ3n) is 3.82. The molecule has 0 heterocycles. The standard InChI is InChI=1S/C19H36O5/c1-5-6-8-17(11-13-22-4)12-14-23-18(20)9-7-10-19(21)24-15-16(2)3/h16-17H,5-15H2,1-4H3. The van der Waals surface area contributed by atoms with Crippen LogP contribution < -0.4 is 0 Å². The number of esters is 2. The minimum atomic E-state index is -0.240. The Balaban J connectivity index is 3.76. The summed E-state index contributed by atoms with van der Waals surface area (Å²) >= 11 is 0. The average molecular weight is 344 g/mol. The van der Waals surface area contributed by atoms with E-state index in [2.05, 4.69) is 6.92 Å². The lowest BCUT2D eigenvalue weighted by Gasteiger charge is -2.16. The molecule has 0 rings (SSSR count). The molecule has 0 aromatic heterocycles. The van der Waals surface area contributed by atoms with Crippen LogP contribution in [0, 0.1) is 11.8 Å². The van der Waals surface area contributed by atoms with E-state index in [1.807, 2.05) is 13.8 Å². The van der Waals surface area contributed by atoms with E-state index in [1.54, 1.807) is 7.11 Å². The third kappa shape index (κ3) is 14.5. The highest BCUT2D eigenvalue weighted by Crippen LogP contribution is 2.17. The number of hydrogen-bond donors (Lipinski definition) is 0. The molecule has 0 saturated heterocycles. The molecule has 0 radical (unpaired) electrons. The summed E-state index contributed by atoms with van der Waals surface area (Å²) in [7, 11) is 1.71. The van der Waals surface area contributed by atoms with Gasteiger partial charge >= 0.3 is 11.9 Å². The minimum absolute atomic E-state index is 0.229. The maximum absolute atomic E-state index is 11.7. The lowest BCUT2D eigenvalue weighted by molar-refractivity contribution is -0.146. The highest BCUT2D eigenvalue weighted by atomic mass is 16.5. The van der Waals surface area contributed by atoms with Crippen LogP contribution in [-0.2, 0) is 23.8 Å². The van der Waals surface area contributed by atoms with Crippen molar-refractivity contribution < 1.29 is 23.8 Å². The molecule has 0 aliphatic carbocycles. The smallest absolute Gasteiger partial charge is 0.305 e. The van der Waals surface area contributed by atoms with Gasteiger partial charge in [-0.3, -0.25) is 9.59 Å². The fourth-order valence-electron chi connectivity index (χ4n) is 2.33. The van der Waals surface area contributed by atoms with Gasteiger partial charge in [0, 0.05) is 26.6 Å². The first-order chi connectivity index (χ1) is 11.5. The predicted octanol–water partition coefficient (Wildman–Crippen LogP) is 4.13. The number of carbonyl (C=O) groups is 2. The molecule has 142 valence electrons. The molecular formula is C19H36O5. The third-order valence-corrected chi connectivity index (χ3v) is 3.82. The molecule has 0 spiro atoms. The van der Waals surface area contributed by atoms with Gasteiger partial charge in [-0.25, -0.2) is 0 Å². The molecule has 0 aliphatic heterocycles. The Morgan fingerprint density at radius 3 is 2.08 bits per heavy atom. The Morgan fingerprint density at radius 1 is 0.875 bits per heavy atom. The summed E-state index contributed by atoms with van der Waals surface area (Å²) in [6, 6.07) is 0. The van der Waals surface area contributed by atoms with E-state index >= 15 is 0 Å². The highest BCUT2D eigenvalue weighted by molar-refractivity contribution is 5.72. The molecule has 0 aliphatic rings. The molecule has 0 fully saturated rings. The number of unbranched alkanes of at least 4 members (excludes halogenated alkanes) is 1. The number of hydrogen-bond acceptors (Lipinski definition) is 5. The van der Waals surface area contributed by atoms with Crippen LogP contribution in [0.2, 0.25) is 0 Å². The normalized spacial score (nSPS) is 12.2. The predicted molar refractivity (Wildman–Crippen MR) is 94.7 cm³/mol. The van der Waals surface area contributed by atoms with Gasteiger partial charge in [-0.2, -0.15) is 0 Å². The van der Waals surface area contributed by atoms with E-state index in [0.29, 0.717) is 31.5 Å². The number of ether oxygens (including phenoxy) is 3. The second kappa shape index (κ2) is 15.4. The van der Waals surface area contributed by atoms with E-state index in [-0.39, 0.29) is 24.8 Å². The van der Waals surface area contributed by atoms with Crippen molar-refractivity contribution in [2.45, 2.75) is 72.1 Å². The lowest BCUT2D eigenvalue weighted by Crippen LogP contribution is -2.13. The molecule has 0 bridgehead atoms. The van der Waals surface area contributed by atoms with Gasteiger partial charge in [0.2, 0.25) is 0 Å². The van der Waals surface area contributed by atoms with Crippen molar-refractivity contribution in [3.8, 4) is 0 Å². The van der Waals surface area contributed by atoms with Crippen LogP contribution in [0.4, 0.5) is 0 Å². The van der Waals surface area contributed by atoms with Crippen LogP contribution in [0.15, 0.2) is 0 Å². The maximum Gasteiger partial charge on any atom is 0.305 e. The number of carbonyl (C=O) groups excluding carboxylic acids is 2. The van der Waals surface area contributed by atoms with Crippen molar-refractivity contribution in [2.24, 2.45) is 11.8 Å². The van der Waals surface area contributed by atoms with Crippen molar-refractivity contribution in [2.75, 3.05) is 26.9 Å². The molecule has 0 amide bonds. The molecule has 0 aromatic carbocycles. The van der Waals surface area contributed by atoms with E-state index in [4.69, 9.17) is 14.2 Å². The summed E-state index contributed by atoms with van der Waals surface area (Å²) in [5, 5.41) is 0. The Bertz CT molecular complexity index is 320. The summed E-state index contributed by atoms with van der Waals surface area (Å²) in [4.78, 5) is 23.1. The van der Waals surface area contributed by atoms with E-state index < -0.39 is 0 Å². The van der Waals surface area contributed by atoms with Crippen molar-refractivity contribution >= 4 is 11.9 Å². The average Bonchev–Trinajstić information content (AvgIpc) is 2.54. The van der Waals surface area contributed by atoms with Crippen LogP contribution in [0.25, 0.3) is 0 Å². The molecular weight excluding hydrogens is 308 g/mol. The fraction of sp³-hybridized carbons (Fsp3) is 0.895. The molecule has 5 nitrogen and oxygen atoms in total. The zero-order valence-electron chi connectivity index (χ0n) is 16.0. The maximum atomic E-state index is 11.7. The Kier molecular flexibility index (Phi) is 14.7. The van der Waals surface area contributed by atoms with Gasteiger partial charge in [0.05, 0.1) is 13.2 Å². The molecule has 0 aromatic rings. The lowest BCUT2D eigenvalue weighted by atomic mass is 9.96. The largest absolute Gasteiger partial charge is 0.466 e. The van der Waals surface area contributed by atoms with E-state index in [1.165, 1.54) is 12.8 Å². The van der Waals surface area contributed by atoms with Crippen LogP contribution in [0.3, 0.4) is 0 Å². The van der Waals surface area contributed by atoms with Gasteiger partial charge in [0.15, 0.2) is 0 Å².